The van der Waals surface area contributed by atoms with Crippen LogP contribution in [0.2, 0.25) is 0 Å². The molecule has 0 heterocycles. The molecule has 0 saturated carbocycles. The number of amides is 1. The molecule has 3 nitrogen and oxygen atoms in total. The average Bonchev–Trinajstić information content (AvgIpc) is 2.31. The molecule has 1 aromatic carbocycles. The average molecular weight is 303 g/mol. The minimum atomic E-state index is -0.269. The molecule has 0 aliphatic carbocycles. The van der Waals surface area contributed by atoms with E-state index in [1.165, 1.54) is 12.1 Å². The number of hydrogen-bond acceptors (Lipinski definition) is 2. The number of nitrogens with zero attached hydrogens (tertiary/aromatic N) is 1. The molecule has 0 aromatic heterocycles. The van der Waals surface area contributed by atoms with Crippen LogP contribution in [0.5, 0.6) is 0 Å². The van der Waals surface area contributed by atoms with Crippen LogP contribution in [-0.2, 0) is 11.3 Å². The Labute approximate surface area is 109 Å². The van der Waals surface area contributed by atoms with Crippen molar-refractivity contribution in [1.82, 2.24) is 10.2 Å². The summed E-state index contributed by atoms with van der Waals surface area (Å²) in [5.41, 5.74) is 0.970. The van der Waals surface area contributed by atoms with Crippen LogP contribution in [0.1, 0.15) is 12.5 Å². The first-order chi connectivity index (χ1) is 8.06. The Bertz CT molecular complexity index is 398. The monoisotopic (exact) mass is 302 g/mol. The third kappa shape index (κ3) is 4.44. The van der Waals surface area contributed by atoms with Crippen LogP contribution in [-0.4, -0.2) is 30.9 Å². The van der Waals surface area contributed by atoms with Gasteiger partial charge in [-0.15, -0.1) is 0 Å². The van der Waals surface area contributed by atoms with Gasteiger partial charge in [0.05, 0.1) is 6.54 Å². The maximum Gasteiger partial charge on any atom is 0.233 e. The van der Waals surface area contributed by atoms with Gasteiger partial charge in [0.15, 0.2) is 0 Å². The number of halogens is 2. The molecule has 0 saturated heterocycles. The first-order valence-electron chi connectivity index (χ1n) is 5.43. The van der Waals surface area contributed by atoms with Crippen LogP contribution < -0.4 is 5.32 Å². The van der Waals surface area contributed by atoms with E-state index in [0.29, 0.717) is 13.1 Å². The van der Waals surface area contributed by atoms with Crippen LogP contribution in [0.25, 0.3) is 0 Å². The first kappa shape index (κ1) is 14.1. The molecule has 94 valence electrons. The van der Waals surface area contributed by atoms with Gasteiger partial charge in [-0.1, -0.05) is 28.9 Å². The van der Waals surface area contributed by atoms with Crippen molar-refractivity contribution in [3.8, 4) is 0 Å². The summed E-state index contributed by atoms with van der Waals surface area (Å²) < 4.78 is 13.7. The van der Waals surface area contributed by atoms with Gasteiger partial charge in [-0.25, -0.2) is 4.39 Å². The highest BCUT2D eigenvalue weighted by Gasteiger charge is 2.10. The summed E-state index contributed by atoms with van der Waals surface area (Å²) in [5, 5.41) is 2.59. The zero-order valence-electron chi connectivity index (χ0n) is 9.96. The van der Waals surface area contributed by atoms with Crippen molar-refractivity contribution in [3.63, 3.8) is 0 Å². The van der Waals surface area contributed by atoms with E-state index < -0.39 is 0 Å². The summed E-state index contributed by atoms with van der Waals surface area (Å²) in [7, 11) is 1.62. The molecule has 0 unspecified atom stereocenters. The number of hydrogen-bond donors (Lipinski definition) is 1. The molecule has 0 aliphatic heterocycles. The highest BCUT2D eigenvalue weighted by Crippen LogP contribution is 2.19. The predicted molar refractivity (Wildman–Crippen MR) is 69.1 cm³/mol. The van der Waals surface area contributed by atoms with Crippen molar-refractivity contribution in [2.24, 2.45) is 0 Å². The molecular formula is C12H16BrFN2O. The standard InChI is InChI=1S/C12H16BrFN2O/c1-3-16(8-12(17)15-2)7-9-4-5-10(14)6-11(9)13/h4-6H,3,7-8H2,1-2H3,(H,15,17). The van der Waals surface area contributed by atoms with Crippen LogP contribution in [0.4, 0.5) is 4.39 Å². The Morgan fingerprint density at radius 1 is 1.53 bits per heavy atom. The van der Waals surface area contributed by atoms with E-state index in [9.17, 15) is 9.18 Å². The normalized spacial score (nSPS) is 10.6. The van der Waals surface area contributed by atoms with Crippen molar-refractivity contribution in [3.05, 3.63) is 34.1 Å². The second kappa shape index (κ2) is 6.71. The number of carbonyl (C=O) groups is 1. The third-order valence-electron chi connectivity index (χ3n) is 2.50. The Morgan fingerprint density at radius 3 is 2.76 bits per heavy atom. The van der Waals surface area contributed by atoms with Gasteiger partial charge in [-0.05, 0) is 24.2 Å². The van der Waals surface area contributed by atoms with Gasteiger partial charge in [0, 0.05) is 18.1 Å². The summed E-state index contributed by atoms with van der Waals surface area (Å²) in [6.45, 7) is 3.71. The Balaban J connectivity index is 2.70. The van der Waals surface area contributed by atoms with E-state index >= 15 is 0 Å². The number of likely N-dealkylation sites (N-methyl/N-ethyl adjacent to an activating group) is 2. The molecule has 0 spiro atoms. The van der Waals surface area contributed by atoms with Crippen LogP contribution in [0.3, 0.4) is 0 Å². The molecule has 1 rings (SSSR count). The van der Waals surface area contributed by atoms with Crippen molar-refractivity contribution < 1.29 is 9.18 Å². The summed E-state index contributed by atoms with van der Waals surface area (Å²) in [6, 6.07) is 4.59. The van der Waals surface area contributed by atoms with Gasteiger partial charge in [-0.3, -0.25) is 9.69 Å². The van der Waals surface area contributed by atoms with E-state index in [1.54, 1.807) is 13.1 Å². The predicted octanol–water partition coefficient (Wildman–Crippen LogP) is 2.16. The summed E-state index contributed by atoms with van der Waals surface area (Å²) in [4.78, 5) is 13.3. The molecule has 1 N–H and O–H groups in total. The van der Waals surface area contributed by atoms with Gasteiger partial charge < -0.3 is 5.32 Å². The SMILES string of the molecule is CCN(CC(=O)NC)Cc1ccc(F)cc1Br. The van der Waals surface area contributed by atoms with Crippen LogP contribution in [0.15, 0.2) is 22.7 Å². The highest BCUT2D eigenvalue weighted by molar-refractivity contribution is 9.10. The molecule has 0 atom stereocenters. The van der Waals surface area contributed by atoms with E-state index in [0.717, 1.165) is 16.6 Å². The molecular weight excluding hydrogens is 287 g/mol. The molecule has 0 bridgehead atoms. The summed E-state index contributed by atoms with van der Waals surface area (Å²) in [6.07, 6.45) is 0. The quantitative estimate of drug-likeness (QED) is 0.904. The van der Waals surface area contributed by atoms with Crippen molar-refractivity contribution in [1.29, 1.82) is 0 Å². The largest absolute Gasteiger partial charge is 0.358 e. The Hall–Kier alpha value is -0.940. The van der Waals surface area contributed by atoms with E-state index in [4.69, 9.17) is 0 Å². The van der Waals surface area contributed by atoms with Gasteiger partial charge in [0.2, 0.25) is 5.91 Å². The lowest BCUT2D eigenvalue weighted by Gasteiger charge is -2.20. The number of carbonyl (C=O) groups excluding carboxylic acids is 1. The number of rotatable bonds is 5. The number of nitrogens with one attached hydrogen (secondary N) is 1. The van der Waals surface area contributed by atoms with Gasteiger partial charge in [0.1, 0.15) is 5.82 Å². The maximum atomic E-state index is 12.9. The maximum absolute atomic E-state index is 12.9. The summed E-state index contributed by atoms with van der Waals surface area (Å²) >= 11 is 3.32. The Kier molecular flexibility index (Phi) is 5.58. The van der Waals surface area contributed by atoms with E-state index in [2.05, 4.69) is 21.2 Å². The van der Waals surface area contributed by atoms with Gasteiger partial charge >= 0.3 is 0 Å². The topological polar surface area (TPSA) is 32.3 Å². The zero-order chi connectivity index (χ0) is 12.8. The lowest BCUT2D eigenvalue weighted by Crippen LogP contribution is -2.35. The molecule has 0 radical (unpaired) electrons. The highest BCUT2D eigenvalue weighted by atomic mass is 79.9. The van der Waals surface area contributed by atoms with E-state index in [1.807, 2.05) is 11.8 Å². The molecule has 1 aromatic rings. The zero-order valence-corrected chi connectivity index (χ0v) is 11.6. The fourth-order valence-corrected chi connectivity index (χ4v) is 1.93. The van der Waals surface area contributed by atoms with Crippen molar-refractivity contribution in [2.75, 3.05) is 20.1 Å². The molecule has 17 heavy (non-hydrogen) atoms. The molecule has 1 amide bonds. The molecule has 0 fully saturated rings. The fourth-order valence-electron chi connectivity index (χ4n) is 1.45. The minimum absolute atomic E-state index is 0.0231. The number of benzene rings is 1. The fraction of sp³-hybridized carbons (Fsp3) is 0.417. The molecule has 0 aliphatic rings. The van der Waals surface area contributed by atoms with Gasteiger partial charge in [-0.2, -0.15) is 0 Å². The Morgan fingerprint density at radius 2 is 2.24 bits per heavy atom. The van der Waals surface area contributed by atoms with Crippen LogP contribution >= 0.6 is 15.9 Å². The third-order valence-corrected chi connectivity index (χ3v) is 3.24. The van der Waals surface area contributed by atoms with Crippen molar-refractivity contribution in [2.45, 2.75) is 13.5 Å². The lowest BCUT2D eigenvalue weighted by atomic mass is 10.2. The second-order valence-electron chi connectivity index (χ2n) is 3.71. The van der Waals surface area contributed by atoms with Gasteiger partial charge in [0.25, 0.3) is 0 Å². The van der Waals surface area contributed by atoms with E-state index in [-0.39, 0.29) is 11.7 Å². The second-order valence-corrected chi connectivity index (χ2v) is 4.57. The lowest BCUT2D eigenvalue weighted by molar-refractivity contribution is -0.121. The van der Waals surface area contributed by atoms with Crippen molar-refractivity contribution >= 4 is 21.8 Å². The molecule has 5 heteroatoms. The summed E-state index contributed by atoms with van der Waals surface area (Å²) in [5.74, 6) is -0.292. The van der Waals surface area contributed by atoms with Crippen LogP contribution in [0, 0.1) is 5.82 Å². The minimum Gasteiger partial charge on any atom is -0.358 e. The first-order valence-corrected chi connectivity index (χ1v) is 6.23. The smallest absolute Gasteiger partial charge is 0.233 e.